The molecule has 2 aromatic heterocycles. The molecule has 0 saturated carbocycles. The Labute approximate surface area is 195 Å². The van der Waals surface area contributed by atoms with Crippen molar-refractivity contribution in [3.63, 3.8) is 0 Å². The third-order valence-electron chi connectivity index (χ3n) is 5.71. The molecule has 0 bridgehead atoms. The Bertz CT molecular complexity index is 1550. The molecule has 1 atom stereocenters. The maximum Gasteiger partial charge on any atom is 0.328 e. The van der Waals surface area contributed by atoms with Gasteiger partial charge in [-0.25, -0.2) is 4.79 Å². The fraction of sp³-hybridized carbons (Fsp3) is 0.111. The van der Waals surface area contributed by atoms with Gasteiger partial charge in [0.15, 0.2) is 6.04 Å². The molecule has 0 saturated heterocycles. The summed E-state index contributed by atoms with van der Waals surface area (Å²) in [5, 5.41) is 12.7. The van der Waals surface area contributed by atoms with Gasteiger partial charge >= 0.3 is 5.97 Å². The van der Waals surface area contributed by atoms with Crippen molar-refractivity contribution in [1.29, 1.82) is 0 Å². The number of benzene rings is 3. The van der Waals surface area contributed by atoms with E-state index in [1.54, 1.807) is 24.3 Å². The zero-order valence-electron chi connectivity index (χ0n) is 17.9. The summed E-state index contributed by atoms with van der Waals surface area (Å²) in [6.07, 6.45) is 2.11. The van der Waals surface area contributed by atoms with Gasteiger partial charge < -0.3 is 14.5 Å². The van der Waals surface area contributed by atoms with E-state index in [1.807, 2.05) is 61.7 Å². The molecule has 5 rings (SSSR count). The van der Waals surface area contributed by atoms with Gasteiger partial charge in [-0.15, -0.1) is 0 Å². The standard InChI is InChI=1S/C27H21ClN2O3/c1-16-6-8-17(9-7-16)26-14-23(21-13-19(28)10-11-25(21)33-26)30-24(27(31)32)12-18-15-29-22-5-3-2-4-20(18)22/h2-11,13-15,24,29H,12H2,1H3,(H,31,32). The Balaban J connectivity index is 1.66. The first-order valence-corrected chi connectivity index (χ1v) is 11.0. The van der Waals surface area contributed by atoms with Crippen LogP contribution in [0.15, 0.2) is 88.4 Å². The number of nitrogens with zero attached hydrogens (tertiary/aromatic N) is 1. The number of aromatic nitrogens is 1. The number of para-hydroxylation sites is 1. The van der Waals surface area contributed by atoms with Crippen molar-refractivity contribution in [2.45, 2.75) is 19.4 Å². The molecule has 5 nitrogen and oxygen atoms in total. The molecule has 0 aliphatic heterocycles. The molecule has 164 valence electrons. The predicted octanol–water partition coefficient (Wildman–Crippen LogP) is 6.14. The highest BCUT2D eigenvalue weighted by Gasteiger charge is 2.19. The van der Waals surface area contributed by atoms with Crippen LogP contribution in [-0.4, -0.2) is 22.1 Å². The highest BCUT2D eigenvalue weighted by Crippen LogP contribution is 2.25. The first kappa shape index (κ1) is 21.0. The lowest BCUT2D eigenvalue weighted by atomic mass is 10.0. The number of rotatable bonds is 5. The van der Waals surface area contributed by atoms with Gasteiger partial charge in [0.05, 0.1) is 5.36 Å². The smallest absolute Gasteiger partial charge is 0.328 e. The average molecular weight is 457 g/mol. The summed E-state index contributed by atoms with van der Waals surface area (Å²) in [5.74, 6) is -0.382. The summed E-state index contributed by atoms with van der Waals surface area (Å²) >= 11 is 6.24. The van der Waals surface area contributed by atoms with E-state index >= 15 is 0 Å². The van der Waals surface area contributed by atoms with Gasteiger partial charge in [0.1, 0.15) is 11.3 Å². The Morgan fingerprint density at radius 1 is 1.06 bits per heavy atom. The summed E-state index contributed by atoms with van der Waals surface area (Å²) in [6, 6.07) is 21.9. The quantitative estimate of drug-likeness (QED) is 0.333. The van der Waals surface area contributed by atoms with E-state index in [0.717, 1.165) is 27.6 Å². The zero-order valence-corrected chi connectivity index (χ0v) is 18.6. The number of carboxylic acids is 1. The summed E-state index contributed by atoms with van der Waals surface area (Å²) in [4.78, 5) is 20.1. The molecule has 2 heterocycles. The van der Waals surface area contributed by atoms with Gasteiger partial charge in [-0.2, -0.15) is 0 Å². The van der Waals surface area contributed by atoms with Crippen LogP contribution in [0.1, 0.15) is 11.1 Å². The lowest BCUT2D eigenvalue weighted by molar-refractivity contribution is -0.138. The Morgan fingerprint density at radius 2 is 1.85 bits per heavy atom. The minimum Gasteiger partial charge on any atom is -0.480 e. The topological polar surface area (TPSA) is 78.6 Å². The molecule has 0 spiro atoms. The molecule has 5 aromatic rings. The molecular weight excluding hydrogens is 436 g/mol. The van der Waals surface area contributed by atoms with Crippen LogP contribution in [0.3, 0.4) is 0 Å². The Hall–Kier alpha value is -3.83. The van der Waals surface area contributed by atoms with Gasteiger partial charge in [-0.1, -0.05) is 59.6 Å². The molecule has 2 N–H and O–H groups in total. The summed E-state index contributed by atoms with van der Waals surface area (Å²) in [5.41, 5.74) is 4.49. The van der Waals surface area contributed by atoms with Crippen molar-refractivity contribution in [3.05, 3.63) is 101 Å². The molecule has 6 heteroatoms. The van der Waals surface area contributed by atoms with Crippen molar-refractivity contribution >= 4 is 39.4 Å². The summed E-state index contributed by atoms with van der Waals surface area (Å²) < 4.78 is 6.12. The number of aliphatic carboxylic acids is 1. The number of aromatic amines is 1. The predicted molar refractivity (Wildman–Crippen MR) is 130 cm³/mol. The number of nitrogens with one attached hydrogen (secondary N) is 1. The SMILES string of the molecule is Cc1ccc(-c2cc(=NC(Cc3c[nH]c4ccccc34)C(=O)O)c3cc(Cl)ccc3o2)cc1. The van der Waals surface area contributed by atoms with Crippen LogP contribution in [0.5, 0.6) is 0 Å². The highest BCUT2D eigenvalue weighted by atomic mass is 35.5. The van der Waals surface area contributed by atoms with Gasteiger partial charge in [-0.05, 0) is 36.8 Å². The van der Waals surface area contributed by atoms with Crippen molar-refractivity contribution in [3.8, 4) is 11.3 Å². The zero-order chi connectivity index (χ0) is 22.9. The molecule has 0 radical (unpaired) electrons. The third-order valence-corrected chi connectivity index (χ3v) is 5.94. The number of carboxylic acid groups (broad SMARTS) is 1. The molecule has 0 amide bonds. The molecule has 1 unspecified atom stereocenters. The molecule has 0 aliphatic rings. The number of fused-ring (bicyclic) bond motifs is 2. The van der Waals surface area contributed by atoms with Crippen LogP contribution in [0.2, 0.25) is 5.02 Å². The fourth-order valence-corrected chi connectivity index (χ4v) is 4.15. The van der Waals surface area contributed by atoms with E-state index in [2.05, 4.69) is 9.98 Å². The van der Waals surface area contributed by atoms with Crippen LogP contribution in [0, 0.1) is 6.92 Å². The van der Waals surface area contributed by atoms with E-state index in [9.17, 15) is 9.90 Å². The maximum absolute atomic E-state index is 12.2. The second-order valence-electron chi connectivity index (χ2n) is 8.05. The van der Waals surface area contributed by atoms with Gasteiger partial charge in [0, 0.05) is 45.6 Å². The first-order chi connectivity index (χ1) is 16.0. The minimum absolute atomic E-state index is 0.257. The lowest BCUT2D eigenvalue weighted by Gasteiger charge is -2.09. The fourth-order valence-electron chi connectivity index (χ4n) is 3.97. The highest BCUT2D eigenvalue weighted by molar-refractivity contribution is 6.31. The molecule has 0 fully saturated rings. The number of halogens is 1. The molecule has 0 aliphatic carbocycles. The largest absolute Gasteiger partial charge is 0.480 e. The number of H-pyrrole nitrogens is 1. The van der Waals surface area contributed by atoms with E-state index in [4.69, 9.17) is 16.0 Å². The molecule has 3 aromatic carbocycles. The van der Waals surface area contributed by atoms with E-state index in [1.165, 1.54) is 0 Å². The Kier molecular flexibility index (Phi) is 5.48. The monoisotopic (exact) mass is 456 g/mol. The summed E-state index contributed by atoms with van der Waals surface area (Å²) in [6.45, 7) is 2.02. The summed E-state index contributed by atoms with van der Waals surface area (Å²) in [7, 11) is 0. The van der Waals surface area contributed by atoms with Crippen molar-refractivity contribution in [2.75, 3.05) is 0 Å². The van der Waals surface area contributed by atoms with Crippen molar-refractivity contribution in [1.82, 2.24) is 4.98 Å². The van der Waals surface area contributed by atoms with E-state index < -0.39 is 12.0 Å². The van der Waals surface area contributed by atoms with E-state index in [-0.39, 0.29) is 6.42 Å². The minimum atomic E-state index is -0.992. The number of hydrogen-bond donors (Lipinski definition) is 2. The maximum atomic E-state index is 12.2. The van der Waals surface area contributed by atoms with Crippen LogP contribution in [-0.2, 0) is 11.2 Å². The van der Waals surface area contributed by atoms with Gasteiger partial charge in [0.25, 0.3) is 0 Å². The van der Waals surface area contributed by atoms with Crippen LogP contribution < -0.4 is 5.36 Å². The molecule has 33 heavy (non-hydrogen) atoms. The second-order valence-corrected chi connectivity index (χ2v) is 8.49. The van der Waals surface area contributed by atoms with Crippen molar-refractivity contribution in [2.24, 2.45) is 4.99 Å². The van der Waals surface area contributed by atoms with E-state index in [0.29, 0.717) is 27.1 Å². The average Bonchev–Trinajstić information content (AvgIpc) is 3.22. The van der Waals surface area contributed by atoms with Crippen LogP contribution in [0.4, 0.5) is 0 Å². The normalized spacial score (nSPS) is 13.0. The Morgan fingerprint density at radius 3 is 2.64 bits per heavy atom. The number of hydrogen-bond acceptors (Lipinski definition) is 3. The molecular formula is C27H21ClN2O3. The lowest BCUT2D eigenvalue weighted by Crippen LogP contribution is -2.24. The number of carbonyl (C=O) groups is 1. The first-order valence-electron chi connectivity index (χ1n) is 10.6. The number of aryl methyl sites for hydroxylation is 1. The van der Waals surface area contributed by atoms with Crippen molar-refractivity contribution < 1.29 is 14.3 Å². The van der Waals surface area contributed by atoms with Gasteiger partial charge in [0.2, 0.25) is 0 Å². The second kappa shape index (κ2) is 8.60. The van der Waals surface area contributed by atoms with Gasteiger partial charge in [-0.3, -0.25) is 4.99 Å². The van der Waals surface area contributed by atoms with Crippen LogP contribution >= 0.6 is 11.6 Å². The van der Waals surface area contributed by atoms with Crippen LogP contribution in [0.25, 0.3) is 33.2 Å². The third kappa shape index (κ3) is 4.28.